The van der Waals surface area contributed by atoms with Crippen molar-refractivity contribution in [1.82, 2.24) is 4.98 Å². The normalized spacial score (nSPS) is 14.5. The Morgan fingerprint density at radius 1 is 0.950 bits per heavy atom. The average Bonchev–Trinajstić information content (AvgIpc) is 2.51. The molecule has 0 bridgehead atoms. The zero-order valence-electron chi connectivity index (χ0n) is 10.7. The third-order valence-corrected chi connectivity index (χ3v) is 4.25. The molecule has 0 amide bonds. The van der Waals surface area contributed by atoms with Crippen LogP contribution in [0.3, 0.4) is 0 Å². The third kappa shape index (κ3) is 1.93. The second kappa shape index (κ2) is 4.80. The van der Waals surface area contributed by atoms with Crippen molar-refractivity contribution in [1.29, 1.82) is 0 Å². The first-order chi connectivity index (χ1) is 9.59. The highest BCUT2D eigenvalue weighted by Gasteiger charge is 2.30. The fourth-order valence-electron chi connectivity index (χ4n) is 2.16. The van der Waals surface area contributed by atoms with Crippen molar-refractivity contribution < 1.29 is 9.59 Å². The lowest BCUT2D eigenvalue weighted by Crippen LogP contribution is -2.20. The molecule has 0 saturated carbocycles. The first-order valence-electron chi connectivity index (χ1n) is 6.12. The summed E-state index contributed by atoms with van der Waals surface area (Å²) in [5.41, 5.74) is 2.62. The molecule has 0 radical (unpaired) electrons. The van der Waals surface area contributed by atoms with Gasteiger partial charge >= 0.3 is 0 Å². The smallest absolute Gasteiger partial charge is 0.219 e. The molecule has 1 aliphatic carbocycles. The largest absolute Gasteiger partial charge is 0.289 e. The molecule has 20 heavy (non-hydrogen) atoms. The van der Waals surface area contributed by atoms with Gasteiger partial charge in [-0.25, -0.2) is 4.98 Å². The zero-order valence-corrected chi connectivity index (χ0v) is 12.3. The Bertz CT molecular complexity index is 763. The maximum atomic E-state index is 12.2. The van der Waals surface area contributed by atoms with E-state index in [0.29, 0.717) is 21.3 Å². The average molecular weight is 328 g/mol. The molecule has 0 spiro atoms. The lowest BCUT2D eigenvalue weighted by Gasteiger charge is -2.15. The van der Waals surface area contributed by atoms with Crippen molar-refractivity contribution in [2.75, 3.05) is 0 Å². The van der Waals surface area contributed by atoms with Gasteiger partial charge in [0, 0.05) is 11.1 Å². The topological polar surface area (TPSA) is 47.0 Å². The number of aromatic nitrogens is 1. The summed E-state index contributed by atoms with van der Waals surface area (Å²) in [5, 5.41) is 0. The van der Waals surface area contributed by atoms with Gasteiger partial charge in [0.15, 0.2) is 5.78 Å². The van der Waals surface area contributed by atoms with E-state index < -0.39 is 0 Å². The zero-order chi connectivity index (χ0) is 14.3. The minimum Gasteiger partial charge on any atom is -0.289 e. The Morgan fingerprint density at radius 3 is 2.35 bits per heavy atom. The molecule has 98 valence electrons. The van der Waals surface area contributed by atoms with Gasteiger partial charge in [-0.3, -0.25) is 9.59 Å². The van der Waals surface area contributed by atoms with Crippen LogP contribution in [0.2, 0.25) is 0 Å². The standard InChI is InChI=1S/C16H10BrNO2/c1-9-13(17)16(20)14-11(15(9)19)7-8-12(18-14)10-5-3-2-4-6-10/h2-8H,1H3. The summed E-state index contributed by atoms with van der Waals surface area (Å²) in [5.74, 6) is -0.395. The van der Waals surface area contributed by atoms with Crippen LogP contribution in [0, 0.1) is 0 Å². The number of Topliss-reactive ketones (excluding diaryl/α,β-unsaturated/α-hetero) is 2. The minimum absolute atomic E-state index is 0.154. The predicted octanol–water partition coefficient (Wildman–Crippen LogP) is 3.80. The van der Waals surface area contributed by atoms with E-state index in [1.165, 1.54) is 0 Å². The summed E-state index contributed by atoms with van der Waals surface area (Å²) in [6.07, 6.45) is 0. The number of ketones is 2. The molecule has 0 unspecified atom stereocenters. The monoisotopic (exact) mass is 327 g/mol. The summed E-state index contributed by atoms with van der Waals surface area (Å²) in [7, 11) is 0. The maximum Gasteiger partial charge on any atom is 0.219 e. The summed E-state index contributed by atoms with van der Waals surface area (Å²) >= 11 is 3.18. The van der Waals surface area contributed by atoms with E-state index in [-0.39, 0.29) is 17.3 Å². The molecule has 4 heteroatoms. The van der Waals surface area contributed by atoms with Gasteiger partial charge in [0.1, 0.15) is 5.69 Å². The molecule has 3 nitrogen and oxygen atoms in total. The van der Waals surface area contributed by atoms with Crippen LogP contribution in [0.5, 0.6) is 0 Å². The van der Waals surface area contributed by atoms with Crippen LogP contribution in [0.1, 0.15) is 27.8 Å². The second-order valence-electron chi connectivity index (χ2n) is 4.56. The lowest BCUT2D eigenvalue weighted by molar-refractivity contribution is 0.0979. The van der Waals surface area contributed by atoms with Crippen LogP contribution >= 0.6 is 15.9 Å². The molecule has 0 saturated heterocycles. The van der Waals surface area contributed by atoms with Crippen LogP contribution in [-0.2, 0) is 0 Å². The number of nitrogens with zero attached hydrogens (tertiary/aromatic N) is 1. The highest BCUT2D eigenvalue weighted by Crippen LogP contribution is 2.30. The number of hydrogen-bond acceptors (Lipinski definition) is 3. The third-order valence-electron chi connectivity index (χ3n) is 3.29. The molecule has 2 aromatic rings. The fraction of sp³-hybridized carbons (Fsp3) is 0.0625. The summed E-state index contributed by atoms with van der Waals surface area (Å²) in [6, 6.07) is 13.0. The number of pyridine rings is 1. The van der Waals surface area contributed by atoms with Crippen LogP contribution in [-0.4, -0.2) is 16.6 Å². The quantitative estimate of drug-likeness (QED) is 0.800. The maximum absolute atomic E-state index is 12.2. The number of fused-ring (bicyclic) bond motifs is 1. The fourth-order valence-corrected chi connectivity index (χ4v) is 2.53. The van der Waals surface area contributed by atoms with Crippen molar-refractivity contribution in [2.45, 2.75) is 6.92 Å². The van der Waals surface area contributed by atoms with Gasteiger partial charge in [0.2, 0.25) is 5.78 Å². The number of carbonyl (C=O) groups excluding carboxylic acids is 2. The van der Waals surface area contributed by atoms with Crippen molar-refractivity contribution in [2.24, 2.45) is 0 Å². The Kier molecular flexibility index (Phi) is 3.10. The van der Waals surface area contributed by atoms with Gasteiger partial charge in [-0.15, -0.1) is 0 Å². The molecule has 1 heterocycles. The van der Waals surface area contributed by atoms with Crippen LogP contribution in [0.4, 0.5) is 0 Å². The Morgan fingerprint density at radius 2 is 1.65 bits per heavy atom. The van der Waals surface area contributed by atoms with Crippen molar-refractivity contribution in [3.05, 3.63) is 63.8 Å². The lowest BCUT2D eigenvalue weighted by atomic mass is 9.93. The minimum atomic E-state index is -0.241. The SMILES string of the molecule is CC1=C(Br)C(=O)c2nc(-c3ccccc3)ccc2C1=O. The van der Waals surface area contributed by atoms with Gasteiger partial charge in [-0.2, -0.15) is 0 Å². The predicted molar refractivity (Wildman–Crippen MR) is 80.0 cm³/mol. The molecule has 0 N–H and O–H groups in total. The van der Waals surface area contributed by atoms with Crippen molar-refractivity contribution in [3.8, 4) is 11.3 Å². The summed E-state index contributed by atoms with van der Waals surface area (Å²) in [6.45, 7) is 1.64. The second-order valence-corrected chi connectivity index (χ2v) is 5.35. The van der Waals surface area contributed by atoms with Gasteiger partial charge in [0.25, 0.3) is 0 Å². The van der Waals surface area contributed by atoms with Crippen molar-refractivity contribution >= 4 is 27.5 Å². The first-order valence-corrected chi connectivity index (χ1v) is 6.91. The van der Waals surface area contributed by atoms with Gasteiger partial charge in [-0.1, -0.05) is 30.3 Å². The van der Waals surface area contributed by atoms with E-state index >= 15 is 0 Å². The molecular weight excluding hydrogens is 318 g/mol. The number of rotatable bonds is 1. The molecular formula is C16H10BrNO2. The van der Waals surface area contributed by atoms with E-state index in [2.05, 4.69) is 20.9 Å². The number of allylic oxidation sites excluding steroid dienone is 2. The van der Waals surface area contributed by atoms with Crippen molar-refractivity contribution in [3.63, 3.8) is 0 Å². The number of halogens is 1. The molecule has 3 rings (SSSR count). The van der Waals surface area contributed by atoms with Crippen LogP contribution in [0.15, 0.2) is 52.5 Å². The van der Waals surface area contributed by atoms with E-state index in [0.717, 1.165) is 5.56 Å². The van der Waals surface area contributed by atoms with E-state index in [1.807, 2.05) is 30.3 Å². The Hall–Kier alpha value is -2.07. The number of carbonyl (C=O) groups is 2. The Balaban J connectivity index is 2.18. The molecule has 1 aromatic carbocycles. The first kappa shape index (κ1) is 12.9. The number of hydrogen-bond donors (Lipinski definition) is 0. The molecule has 0 fully saturated rings. The van der Waals surface area contributed by atoms with Crippen LogP contribution in [0.25, 0.3) is 11.3 Å². The number of benzene rings is 1. The summed E-state index contributed by atoms with van der Waals surface area (Å²) < 4.78 is 0.299. The van der Waals surface area contributed by atoms with E-state index in [1.54, 1.807) is 19.1 Å². The van der Waals surface area contributed by atoms with E-state index in [9.17, 15) is 9.59 Å². The van der Waals surface area contributed by atoms with Crippen LogP contribution < -0.4 is 0 Å². The molecule has 1 aromatic heterocycles. The van der Waals surface area contributed by atoms with Gasteiger partial charge in [-0.05, 0) is 35.0 Å². The highest BCUT2D eigenvalue weighted by molar-refractivity contribution is 9.12. The summed E-state index contributed by atoms with van der Waals surface area (Å²) in [4.78, 5) is 28.7. The molecule has 1 aliphatic rings. The van der Waals surface area contributed by atoms with Gasteiger partial charge in [0.05, 0.1) is 15.7 Å². The Labute approximate surface area is 124 Å². The van der Waals surface area contributed by atoms with E-state index in [4.69, 9.17) is 0 Å². The molecule has 0 atom stereocenters. The van der Waals surface area contributed by atoms with Gasteiger partial charge < -0.3 is 0 Å². The molecule has 0 aliphatic heterocycles. The highest BCUT2D eigenvalue weighted by atomic mass is 79.9.